The second-order valence-corrected chi connectivity index (χ2v) is 7.73. The molecule has 1 aliphatic heterocycles. The molecule has 1 heterocycles. The third-order valence-electron chi connectivity index (χ3n) is 5.71. The van der Waals surface area contributed by atoms with Crippen molar-refractivity contribution in [2.24, 2.45) is 0 Å². The lowest BCUT2D eigenvalue weighted by Gasteiger charge is -2.34. The van der Waals surface area contributed by atoms with Gasteiger partial charge in [0.15, 0.2) is 11.5 Å². The van der Waals surface area contributed by atoms with Gasteiger partial charge < -0.3 is 19.7 Å². The lowest BCUT2D eigenvalue weighted by molar-refractivity contribution is 0.102. The van der Waals surface area contributed by atoms with Crippen LogP contribution >= 0.6 is 0 Å². The first-order valence-electron chi connectivity index (χ1n) is 10.8. The van der Waals surface area contributed by atoms with Gasteiger partial charge in [-0.1, -0.05) is 25.1 Å². The minimum Gasteiger partial charge on any atom is -0.493 e. The highest BCUT2D eigenvalue weighted by atomic mass is 16.5. The van der Waals surface area contributed by atoms with Crippen molar-refractivity contribution in [3.8, 4) is 11.5 Å². The molecule has 6 nitrogen and oxygen atoms in total. The van der Waals surface area contributed by atoms with Gasteiger partial charge >= 0.3 is 0 Å². The molecule has 3 rings (SSSR count). The summed E-state index contributed by atoms with van der Waals surface area (Å²) in [4.78, 5) is 17.8. The van der Waals surface area contributed by atoms with Crippen LogP contribution in [0.3, 0.4) is 0 Å². The van der Waals surface area contributed by atoms with E-state index in [1.807, 2.05) is 18.2 Å². The van der Waals surface area contributed by atoms with E-state index in [0.717, 1.165) is 50.5 Å². The molecule has 1 aliphatic rings. The van der Waals surface area contributed by atoms with E-state index in [2.05, 4.69) is 40.8 Å². The fourth-order valence-corrected chi connectivity index (χ4v) is 3.90. The van der Waals surface area contributed by atoms with E-state index in [9.17, 15) is 4.79 Å². The summed E-state index contributed by atoms with van der Waals surface area (Å²) in [6.45, 7) is 12.5. The molecule has 2 aromatic carbocycles. The number of anilines is 1. The zero-order chi connectivity index (χ0) is 22.2. The molecule has 1 saturated heterocycles. The van der Waals surface area contributed by atoms with Crippen LogP contribution in [-0.4, -0.2) is 62.7 Å². The van der Waals surface area contributed by atoms with Crippen molar-refractivity contribution >= 4 is 11.6 Å². The van der Waals surface area contributed by atoms with Crippen molar-refractivity contribution in [3.05, 3.63) is 65.7 Å². The normalized spacial score (nSPS) is 14.8. The SMILES string of the molecule is C=CCc1cc(C(=O)Nc2ccc(CN3CCN(CC)CC3)cc2)cc(OC)c1OC. The first-order valence-corrected chi connectivity index (χ1v) is 10.8. The first-order chi connectivity index (χ1) is 15.1. The number of hydrogen-bond donors (Lipinski definition) is 1. The van der Waals surface area contributed by atoms with Gasteiger partial charge in [0.2, 0.25) is 0 Å². The highest BCUT2D eigenvalue weighted by Crippen LogP contribution is 2.33. The lowest BCUT2D eigenvalue weighted by Crippen LogP contribution is -2.45. The number of nitrogens with one attached hydrogen (secondary N) is 1. The quantitative estimate of drug-likeness (QED) is 0.622. The van der Waals surface area contributed by atoms with Gasteiger partial charge in [-0.3, -0.25) is 9.69 Å². The first kappa shape index (κ1) is 22.8. The van der Waals surface area contributed by atoms with Crippen LogP contribution in [0.4, 0.5) is 5.69 Å². The Bertz CT molecular complexity index is 888. The van der Waals surface area contributed by atoms with Crippen molar-refractivity contribution in [1.29, 1.82) is 0 Å². The predicted octanol–water partition coefficient (Wildman–Crippen LogP) is 3.82. The van der Waals surface area contributed by atoms with Crippen molar-refractivity contribution in [2.75, 3.05) is 52.3 Å². The summed E-state index contributed by atoms with van der Waals surface area (Å²) in [5.41, 5.74) is 3.40. The van der Waals surface area contributed by atoms with Gasteiger partial charge in [-0.05, 0) is 42.8 Å². The van der Waals surface area contributed by atoms with Gasteiger partial charge in [-0.15, -0.1) is 6.58 Å². The van der Waals surface area contributed by atoms with E-state index in [1.165, 1.54) is 5.56 Å². The average Bonchev–Trinajstić information content (AvgIpc) is 2.80. The van der Waals surface area contributed by atoms with Crippen LogP contribution in [0, 0.1) is 0 Å². The number of methoxy groups -OCH3 is 2. The summed E-state index contributed by atoms with van der Waals surface area (Å²) >= 11 is 0. The molecule has 0 unspecified atom stereocenters. The molecule has 0 aliphatic carbocycles. The van der Waals surface area contributed by atoms with E-state index in [4.69, 9.17) is 9.47 Å². The van der Waals surface area contributed by atoms with Crippen molar-refractivity contribution < 1.29 is 14.3 Å². The predicted molar refractivity (Wildman–Crippen MR) is 125 cm³/mol. The number of carbonyl (C=O) groups excluding carboxylic acids is 1. The van der Waals surface area contributed by atoms with Gasteiger partial charge in [0.1, 0.15) is 0 Å². The van der Waals surface area contributed by atoms with Gasteiger partial charge in [0.25, 0.3) is 5.91 Å². The Hall–Kier alpha value is -2.83. The molecule has 1 N–H and O–H groups in total. The number of allylic oxidation sites excluding steroid dienone is 1. The summed E-state index contributed by atoms with van der Waals surface area (Å²) in [5.74, 6) is 0.975. The number of nitrogens with zero attached hydrogens (tertiary/aromatic N) is 2. The molecule has 1 fully saturated rings. The number of likely N-dealkylation sites (N-methyl/N-ethyl adjacent to an activating group) is 1. The number of amides is 1. The van der Waals surface area contributed by atoms with E-state index in [1.54, 1.807) is 26.4 Å². The van der Waals surface area contributed by atoms with Gasteiger partial charge in [0.05, 0.1) is 14.2 Å². The fourth-order valence-electron chi connectivity index (χ4n) is 3.90. The maximum Gasteiger partial charge on any atom is 0.255 e. The Morgan fingerprint density at radius 3 is 2.32 bits per heavy atom. The van der Waals surface area contributed by atoms with Crippen molar-refractivity contribution in [3.63, 3.8) is 0 Å². The number of hydrogen-bond acceptors (Lipinski definition) is 5. The number of carbonyl (C=O) groups is 1. The standard InChI is InChI=1S/C25H33N3O3/c1-5-7-20-16-21(17-23(30-3)24(20)31-4)25(29)26-22-10-8-19(9-11-22)18-28-14-12-27(6-2)13-15-28/h5,8-11,16-17H,1,6-7,12-15,18H2,2-4H3,(H,26,29). The lowest BCUT2D eigenvalue weighted by atomic mass is 10.0. The molecule has 31 heavy (non-hydrogen) atoms. The molecule has 6 heteroatoms. The average molecular weight is 424 g/mol. The molecular formula is C25H33N3O3. The molecule has 0 bridgehead atoms. The zero-order valence-electron chi connectivity index (χ0n) is 18.8. The second kappa shape index (κ2) is 11.0. The third kappa shape index (κ3) is 5.87. The summed E-state index contributed by atoms with van der Waals surface area (Å²) < 4.78 is 10.9. The number of ether oxygens (including phenoxy) is 2. The Kier molecular flexibility index (Phi) is 8.09. The minimum atomic E-state index is -0.185. The van der Waals surface area contributed by atoms with Crippen LogP contribution < -0.4 is 14.8 Å². The third-order valence-corrected chi connectivity index (χ3v) is 5.71. The molecule has 0 aromatic heterocycles. The number of rotatable bonds is 9. The Morgan fingerprint density at radius 2 is 1.74 bits per heavy atom. The zero-order valence-corrected chi connectivity index (χ0v) is 18.8. The van der Waals surface area contributed by atoms with Crippen LogP contribution in [0.1, 0.15) is 28.4 Å². The Balaban J connectivity index is 1.65. The summed E-state index contributed by atoms with van der Waals surface area (Å²) in [5, 5.41) is 2.98. The van der Waals surface area contributed by atoms with Gasteiger partial charge in [-0.25, -0.2) is 0 Å². The Morgan fingerprint density at radius 1 is 1.06 bits per heavy atom. The van der Waals surface area contributed by atoms with Crippen LogP contribution in [0.15, 0.2) is 49.1 Å². The number of benzene rings is 2. The van der Waals surface area contributed by atoms with Gasteiger partial charge in [0, 0.05) is 49.5 Å². The molecule has 2 aromatic rings. The second-order valence-electron chi connectivity index (χ2n) is 7.73. The molecule has 166 valence electrons. The smallest absolute Gasteiger partial charge is 0.255 e. The largest absolute Gasteiger partial charge is 0.493 e. The van der Waals surface area contributed by atoms with E-state index in [-0.39, 0.29) is 5.91 Å². The maximum absolute atomic E-state index is 12.9. The van der Waals surface area contributed by atoms with Crippen molar-refractivity contribution in [2.45, 2.75) is 19.9 Å². The molecule has 0 radical (unpaired) electrons. The van der Waals surface area contributed by atoms with Crippen LogP contribution in [0.25, 0.3) is 0 Å². The van der Waals surface area contributed by atoms with E-state index < -0.39 is 0 Å². The highest BCUT2D eigenvalue weighted by molar-refractivity contribution is 6.04. The molecule has 0 saturated carbocycles. The summed E-state index contributed by atoms with van der Waals surface area (Å²) in [7, 11) is 3.16. The monoisotopic (exact) mass is 423 g/mol. The van der Waals surface area contributed by atoms with Crippen LogP contribution in [-0.2, 0) is 13.0 Å². The van der Waals surface area contributed by atoms with Crippen LogP contribution in [0.2, 0.25) is 0 Å². The topological polar surface area (TPSA) is 54.0 Å². The van der Waals surface area contributed by atoms with E-state index >= 15 is 0 Å². The fraction of sp³-hybridized carbons (Fsp3) is 0.400. The molecular weight excluding hydrogens is 390 g/mol. The summed E-state index contributed by atoms with van der Waals surface area (Å²) in [6, 6.07) is 11.6. The summed E-state index contributed by atoms with van der Waals surface area (Å²) in [6.07, 6.45) is 2.36. The van der Waals surface area contributed by atoms with E-state index in [0.29, 0.717) is 23.5 Å². The minimum absolute atomic E-state index is 0.185. The molecule has 0 spiro atoms. The molecule has 1 amide bonds. The highest BCUT2D eigenvalue weighted by Gasteiger charge is 2.17. The van der Waals surface area contributed by atoms with Crippen molar-refractivity contribution in [1.82, 2.24) is 9.80 Å². The maximum atomic E-state index is 12.9. The van der Waals surface area contributed by atoms with Crippen LogP contribution in [0.5, 0.6) is 11.5 Å². The number of piperazine rings is 1. The van der Waals surface area contributed by atoms with Gasteiger partial charge in [-0.2, -0.15) is 0 Å². The molecule has 0 atom stereocenters. The Labute approximate surface area is 185 Å².